The van der Waals surface area contributed by atoms with Gasteiger partial charge >= 0.3 is 28.4 Å². The lowest BCUT2D eigenvalue weighted by Crippen LogP contribution is -2.18. The van der Waals surface area contributed by atoms with Crippen molar-refractivity contribution in [3.05, 3.63) is 329 Å². The third-order valence-corrected chi connectivity index (χ3v) is 23.6. The topological polar surface area (TPSA) is 508 Å². The Kier molecular flexibility index (Phi) is 24.1. The maximum Gasteiger partial charge on any atom is 0.350 e. The molecule has 5 aromatic heterocycles. The highest BCUT2D eigenvalue weighted by atomic mass is 32.2. The first-order valence-corrected chi connectivity index (χ1v) is 43.6. The van der Waals surface area contributed by atoms with Gasteiger partial charge in [0.2, 0.25) is 0 Å². The molecule has 674 valence electrons. The molecule has 7 aromatic carbocycles. The van der Waals surface area contributed by atoms with Gasteiger partial charge in [-0.3, -0.25) is 22.8 Å². The number of fused-ring (bicyclic) bond motifs is 15. The number of hydrogen-bond donors (Lipinski definition) is 4. The molecule has 22 rings (SSSR count). The lowest BCUT2D eigenvalue weighted by Gasteiger charge is -2.06. The van der Waals surface area contributed by atoms with Gasteiger partial charge in [0.1, 0.15) is 80.8 Å². The fourth-order valence-corrected chi connectivity index (χ4v) is 15.6. The van der Waals surface area contributed by atoms with Crippen molar-refractivity contribution in [2.75, 3.05) is 6.26 Å². The molecular formula is C93H80N30O11S. The van der Waals surface area contributed by atoms with Crippen molar-refractivity contribution >= 4 is 65.7 Å². The van der Waals surface area contributed by atoms with E-state index in [-0.39, 0.29) is 54.1 Å². The van der Waals surface area contributed by atoms with Gasteiger partial charge in [-0.2, -0.15) is 24.9 Å². The fraction of sp³-hybridized carbons (Fsp3) is 0.172. The number of benzene rings is 7. The molecule has 135 heavy (non-hydrogen) atoms. The highest BCUT2D eigenvalue weighted by Gasteiger charge is 2.29. The molecule has 12 aromatic rings. The predicted octanol–water partition coefficient (Wildman–Crippen LogP) is 6.90. The van der Waals surface area contributed by atoms with Crippen LogP contribution in [0.3, 0.4) is 0 Å². The molecular weight excluding hydrogens is 1750 g/mol. The lowest BCUT2D eigenvalue weighted by atomic mass is 10.1. The van der Waals surface area contributed by atoms with Crippen LogP contribution in [0.2, 0.25) is 0 Å². The molecule has 0 radical (unpaired) electrons. The molecule has 15 heterocycles. The minimum absolute atomic E-state index is 0.0197. The average molecular weight is 1830 g/mol. The number of aliphatic hydroxyl groups is 3. The van der Waals surface area contributed by atoms with Crippen LogP contribution in [0.4, 0.5) is 0 Å². The maximum atomic E-state index is 13.2. The standard InChI is InChI=1S/C30H26N6O4S.C29H24N6O3.C16H14N6O2.2C9H8N6O/c1-19-3-5-21(6-4-19)16-36-29-26(32-30(36)38)25-28(35(18-31-25)15-20-7-9-22(17-37)10-8-20)33-27(34-29)23-11-13-24(14-12-23)41(2,39)40;1-18-2-4-20(5-3-18)15-35-28-25(31-29(35)38)24-27(32-26(33-28)22-10-12-23(37)13-11-22)34(17-30-24)14-19-6-8-21(16-36)9-7-19;1-21-14-13(20-16(21)24)12-15(18-8-17-14)22(9-19-12)6-10-2-4-11(7-23)5-3-10;2*1-14-4-12-5-6-8(11-3-10-7(5)14)15(2)9(16)13-6/h3-14,18,37H,15-17H2,1-2H3;2-13,17,36-37H,14-16H2,1H3;2-5,8-9,23H,6-7H2,1H3;2*3-4H,1-2H3. The summed E-state index contributed by atoms with van der Waals surface area (Å²) in [6, 6.07) is 51.6. The average Bonchev–Trinajstić information content (AvgIpc) is 1.60. The summed E-state index contributed by atoms with van der Waals surface area (Å²) in [6.07, 6.45) is 13.7. The second-order valence-corrected chi connectivity index (χ2v) is 33.8. The van der Waals surface area contributed by atoms with Gasteiger partial charge in [0, 0.05) is 52.6 Å². The number of nitrogens with zero attached hydrogens (tertiary/aromatic N) is 30. The largest absolute Gasteiger partial charge is 0.508 e. The zero-order valence-electron chi connectivity index (χ0n) is 73.4. The number of phenolic OH excluding ortho intramolecular Hbond substituents is 1. The summed E-state index contributed by atoms with van der Waals surface area (Å²) < 4.78 is 40.4. The minimum Gasteiger partial charge on any atom is -0.508 e. The number of rotatable bonds is 16. The van der Waals surface area contributed by atoms with E-state index in [1.54, 1.807) is 98.3 Å². The van der Waals surface area contributed by atoms with E-state index in [0.29, 0.717) is 162 Å². The summed E-state index contributed by atoms with van der Waals surface area (Å²) in [6.45, 7) is 6.02. The van der Waals surface area contributed by atoms with E-state index in [1.807, 2.05) is 163 Å². The Morgan fingerprint density at radius 3 is 0.919 bits per heavy atom. The van der Waals surface area contributed by atoms with Gasteiger partial charge < -0.3 is 43.3 Å². The Morgan fingerprint density at radius 1 is 0.289 bits per heavy atom. The van der Waals surface area contributed by atoms with Crippen LogP contribution in [0.25, 0.3) is 136 Å². The molecule has 0 saturated heterocycles. The van der Waals surface area contributed by atoms with E-state index >= 15 is 0 Å². The van der Waals surface area contributed by atoms with Crippen molar-refractivity contribution in [1.82, 2.24) is 145 Å². The molecule has 0 spiro atoms. The normalized spacial score (nSPS) is 11.5. The maximum absolute atomic E-state index is 13.2. The van der Waals surface area contributed by atoms with E-state index in [1.165, 1.54) is 54.0 Å². The minimum atomic E-state index is -3.39. The van der Waals surface area contributed by atoms with Crippen molar-refractivity contribution in [3.8, 4) is 86.1 Å². The van der Waals surface area contributed by atoms with Crippen LogP contribution >= 0.6 is 0 Å². The van der Waals surface area contributed by atoms with E-state index in [0.717, 1.165) is 61.9 Å². The zero-order valence-corrected chi connectivity index (χ0v) is 74.2. The van der Waals surface area contributed by atoms with Gasteiger partial charge in [-0.05, 0) is 107 Å². The number of sulfone groups is 1. The first-order chi connectivity index (χ1) is 65.2. The van der Waals surface area contributed by atoms with E-state index in [4.69, 9.17) is 25.0 Å². The molecule has 0 amide bonds. The van der Waals surface area contributed by atoms with Gasteiger partial charge in [0.25, 0.3) is 0 Å². The van der Waals surface area contributed by atoms with Crippen molar-refractivity contribution in [2.24, 2.45) is 35.2 Å². The van der Waals surface area contributed by atoms with Crippen molar-refractivity contribution < 1.29 is 28.8 Å². The molecule has 4 N–H and O–H groups in total. The van der Waals surface area contributed by atoms with Crippen molar-refractivity contribution in [3.63, 3.8) is 0 Å². The van der Waals surface area contributed by atoms with E-state index < -0.39 is 21.2 Å². The Bertz CT molecular complexity index is 8340. The molecule has 0 saturated carbocycles. The van der Waals surface area contributed by atoms with Gasteiger partial charge in [0.15, 0.2) is 78.8 Å². The van der Waals surface area contributed by atoms with Gasteiger partial charge in [-0.1, -0.05) is 132 Å². The summed E-state index contributed by atoms with van der Waals surface area (Å²) in [7, 11) is 5.14. The number of aliphatic hydroxyl groups excluding tert-OH is 3. The number of hydrogen-bond acceptors (Lipinski definition) is 31. The first kappa shape index (κ1) is 88.3. The summed E-state index contributed by atoms with van der Waals surface area (Å²) in [4.78, 5) is 148. The second kappa shape index (κ2) is 36.9. The summed E-state index contributed by atoms with van der Waals surface area (Å²) in [5.74, 6) is 2.97. The number of aromatic hydroxyl groups is 1. The zero-order chi connectivity index (χ0) is 94.2. The molecule has 10 aliphatic rings. The quantitative estimate of drug-likeness (QED) is 0.0763. The Labute approximate surface area is 763 Å². The third-order valence-electron chi connectivity index (χ3n) is 22.4. The molecule has 0 aliphatic carbocycles. The molecule has 41 nitrogen and oxygen atoms in total. The molecule has 0 unspecified atom stereocenters. The number of aromatic nitrogens is 30. The van der Waals surface area contributed by atoms with Crippen molar-refractivity contribution in [2.45, 2.75) is 71.3 Å². The summed E-state index contributed by atoms with van der Waals surface area (Å²) in [5.41, 5.74) is 16.7. The van der Waals surface area contributed by atoms with Crippen LogP contribution in [0.1, 0.15) is 55.6 Å². The highest BCUT2D eigenvalue weighted by Crippen LogP contribution is 2.33. The molecule has 10 aliphatic heterocycles. The van der Waals surface area contributed by atoms with Gasteiger partial charge in [-0.25, -0.2) is 107 Å². The second-order valence-electron chi connectivity index (χ2n) is 31.8. The van der Waals surface area contributed by atoms with Crippen LogP contribution in [-0.4, -0.2) is 180 Å². The number of phenols is 1. The third kappa shape index (κ3) is 18.0. The molecule has 0 bridgehead atoms. The van der Waals surface area contributed by atoms with Crippen LogP contribution in [0, 0.1) is 13.8 Å². The Hall–Kier alpha value is -17.4. The molecule has 0 fully saturated rings. The first-order valence-electron chi connectivity index (χ1n) is 41.8. The fourth-order valence-electron chi connectivity index (χ4n) is 15.0. The summed E-state index contributed by atoms with van der Waals surface area (Å²) in [5, 5.41) is 37.7. The van der Waals surface area contributed by atoms with E-state index in [9.17, 15) is 47.7 Å². The summed E-state index contributed by atoms with van der Waals surface area (Å²) >= 11 is 0. The SMILES string of the molecule is Cc1ccc(Cn2c3nc(-c4ccc(O)cc4)nc4c(ncn4Cc4ccc(CO)cc4)c-3nc2=O)cc1.Cc1ccc(Cn2c3nc(-c4ccc(S(C)(=O)=O)cc4)nc4c(ncn4Cc4ccc(CO)cc4)c-3nc2=O)cc1.Cn1c2ncnc3c(ncn3C)c-2nc1=O.Cn1c2ncnc3c(ncn3C)c-2nc1=O.Cn1c2ncnc3c(ncn3Cc3ccc(CO)cc3)c-2nc1=O. The van der Waals surface area contributed by atoms with Gasteiger partial charge in [0.05, 0.1) is 89.1 Å². The van der Waals surface area contributed by atoms with E-state index in [2.05, 4.69) is 79.7 Å². The lowest BCUT2D eigenvalue weighted by molar-refractivity contribution is 0.281. The van der Waals surface area contributed by atoms with Crippen LogP contribution in [-0.2, 0) is 97.6 Å². The number of imidazole rings is 10. The highest BCUT2D eigenvalue weighted by molar-refractivity contribution is 7.90. The monoisotopic (exact) mass is 1820 g/mol. The Morgan fingerprint density at radius 2 is 0.570 bits per heavy atom. The molecule has 0 atom stereocenters. The van der Waals surface area contributed by atoms with Crippen LogP contribution in [0.15, 0.2) is 249 Å². The number of aryl methyl sites for hydroxylation is 4. The van der Waals surface area contributed by atoms with Crippen molar-refractivity contribution in [1.29, 1.82) is 0 Å². The smallest absolute Gasteiger partial charge is 0.350 e. The van der Waals surface area contributed by atoms with Crippen LogP contribution in [0.5, 0.6) is 5.75 Å². The van der Waals surface area contributed by atoms with Gasteiger partial charge in [-0.15, -0.1) is 0 Å². The van der Waals surface area contributed by atoms with Crippen LogP contribution < -0.4 is 28.4 Å². The Balaban J connectivity index is 0.000000118. The molecule has 42 heteroatoms. The predicted molar refractivity (Wildman–Crippen MR) is 496 cm³/mol.